The van der Waals surface area contributed by atoms with Crippen molar-refractivity contribution in [1.29, 1.82) is 0 Å². The first-order valence-corrected chi connectivity index (χ1v) is 16.1. The number of alkyl halides is 3. The molecular weight excluding hydrogens is 633 g/mol. The maximum absolute atomic E-state index is 14.1. The molecule has 2 aromatic carbocycles. The van der Waals surface area contributed by atoms with Crippen LogP contribution in [0.15, 0.2) is 70.9 Å². The van der Waals surface area contributed by atoms with Gasteiger partial charge in [-0.25, -0.2) is 9.98 Å². The van der Waals surface area contributed by atoms with Crippen LogP contribution in [0.2, 0.25) is 0 Å². The molecule has 2 aliphatic heterocycles. The summed E-state index contributed by atoms with van der Waals surface area (Å²) in [6, 6.07) is 13.6. The smallest absolute Gasteiger partial charge is 0.404 e. The van der Waals surface area contributed by atoms with E-state index in [2.05, 4.69) is 29.7 Å². The standard InChI is InChI=1S/C36H43F3N8O2/c1-42-17-29(16-40)28-14-31(34(41)43-18-28)35(48)44-19-30-20-46(3)22-33(30)49-23-24-4-6-25(7-5-24)26-8-9-27(32(15-26)36(37,38)39)21-47-12-10-45(2)11-13-47/h4-9,14-19,30,33H,10-13,20-23,40H2,1-3H3,(H2,41,43)/t30?,33-/m0/s1. The van der Waals surface area contributed by atoms with Crippen molar-refractivity contribution in [3.8, 4) is 11.1 Å². The van der Waals surface area contributed by atoms with Crippen molar-refractivity contribution in [3.05, 3.63) is 88.7 Å². The van der Waals surface area contributed by atoms with Crippen molar-refractivity contribution in [2.75, 3.05) is 66.1 Å². The number of aromatic nitrogens is 1. The third-order valence-electron chi connectivity index (χ3n) is 8.96. The number of nitrogens with zero attached hydrogens (tertiary/aromatic N) is 6. The number of halogens is 3. The van der Waals surface area contributed by atoms with Crippen LogP contribution in [0.4, 0.5) is 19.0 Å². The fourth-order valence-electron chi connectivity index (χ4n) is 6.11. The number of ether oxygens (including phenoxy) is 1. The Morgan fingerprint density at radius 2 is 1.73 bits per heavy atom. The van der Waals surface area contributed by atoms with Crippen molar-refractivity contribution in [3.63, 3.8) is 0 Å². The number of aliphatic imine (C=N–C) groups is 2. The highest BCUT2D eigenvalue weighted by Crippen LogP contribution is 2.36. The Labute approximate surface area is 285 Å². The number of likely N-dealkylation sites (tertiary alicyclic amines) is 1. The number of amides is 1. The number of carbonyl (C=O) groups excluding carboxylic acids is 1. The summed E-state index contributed by atoms with van der Waals surface area (Å²) in [6.45, 7) is 5.02. The number of piperazine rings is 1. The Hall–Kier alpha value is -4.43. The molecule has 3 heterocycles. The zero-order valence-corrected chi connectivity index (χ0v) is 28.0. The molecule has 1 unspecified atom stereocenters. The minimum absolute atomic E-state index is 0.0618. The van der Waals surface area contributed by atoms with Gasteiger partial charge in [-0.15, -0.1) is 0 Å². The second-order valence-corrected chi connectivity index (χ2v) is 12.6. The number of carbonyl (C=O) groups is 1. The second-order valence-electron chi connectivity index (χ2n) is 12.6. The summed E-state index contributed by atoms with van der Waals surface area (Å²) in [5.74, 6) is -0.615. The number of hydrogen-bond donors (Lipinski definition) is 2. The Kier molecular flexibility index (Phi) is 11.6. The van der Waals surface area contributed by atoms with E-state index in [0.29, 0.717) is 47.5 Å². The molecule has 0 saturated carbocycles. The molecule has 260 valence electrons. The molecule has 5 rings (SSSR count). The molecule has 2 atom stereocenters. The quantitative estimate of drug-likeness (QED) is 0.302. The molecule has 2 aliphatic rings. The Balaban J connectivity index is 1.23. The van der Waals surface area contributed by atoms with Gasteiger partial charge in [0, 0.05) is 94.7 Å². The first-order valence-electron chi connectivity index (χ1n) is 16.1. The normalized spacial score (nSPS) is 20.2. The number of nitrogens with two attached hydrogens (primary N) is 2. The zero-order valence-electron chi connectivity index (χ0n) is 28.0. The molecule has 0 aliphatic carbocycles. The number of allylic oxidation sites excluding steroid dienone is 1. The van der Waals surface area contributed by atoms with Crippen LogP contribution >= 0.6 is 0 Å². The summed E-state index contributed by atoms with van der Waals surface area (Å²) in [4.78, 5) is 31.7. The highest BCUT2D eigenvalue weighted by Gasteiger charge is 2.34. The lowest BCUT2D eigenvalue weighted by Crippen LogP contribution is -2.44. The first-order chi connectivity index (χ1) is 23.4. The number of pyridine rings is 1. The van der Waals surface area contributed by atoms with Crippen molar-refractivity contribution in [2.24, 2.45) is 21.6 Å². The van der Waals surface area contributed by atoms with Gasteiger partial charge in [0.1, 0.15) is 5.82 Å². The second kappa shape index (κ2) is 15.9. The van der Waals surface area contributed by atoms with Gasteiger partial charge < -0.3 is 26.0 Å². The molecule has 1 aromatic heterocycles. The number of hydrogen-bond acceptors (Lipinski definition) is 9. The number of rotatable bonds is 10. The summed E-state index contributed by atoms with van der Waals surface area (Å²) < 4.78 is 48.6. The average Bonchev–Trinajstić information content (AvgIpc) is 3.45. The van der Waals surface area contributed by atoms with Crippen LogP contribution in [0.3, 0.4) is 0 Å². The van der Waals surface area contributed by atoms with Crippen LogP contribution in [0, 0.1) is 5.92 Å². The van der Waals surface area contributed by atoms with E-state index in [0.717, 1.165) is 31.7 Å². The molecule has 13 heteroatoms. The van der Waals surface area contributed by atoms with E-state index >= 15 is 0 Å². The highest BCUT2D eigenvalue weighted by atomic mass is 19.4. The Bertz CT molecular complexity index is 1700. The van der Waals surface area contributed by atoms with E-state index in [9.17, 15) is 18.0 Å². The van der Waals surface area contributed by atoms with Crippen molar-refractivity contribution in [1.82, 2.24) is 19.7 Å². The van der Waals surface area contributed by atoms with Crippen LogP contribution < -0.4 is 11.5 Å². The molecule has 0 bridgehead atoms. The molecule has 4 N–H and O–H groups in total. The zero-order chi connectivity index (χ0) is 35.1. The van der Waals surface area contributed by atoms with Crippen LogP contribution in [0.5, 0.6) is 0 Å². The predicted octanol–water partition coefficient (Wildman–Crippen LogP) is 4.46. The van der Waals surface area contributed by atoms with E-state index in [1.807, 2.05) is 38.4 Å². The van der Waals surface area contributed by atoms with Gasteiger partial charge in [0.15, 0.2) is 0 Å². The van der Waals surface area contributed by atoms with E-state index in [-0.39, 0.29) is 29.9 Å². The summed E-state index contributed by atoms with van der Waals surface area (Å²) in [6.07, 6.45) is 1.38. The van der Waals surface area contributed by atoms with E-state index in [4.69, 9.17) is 16.2 Å². The van der Waals surface area contributed by atoms with Crippen LogP contribution in [-0.2, 0) is 24.1 Å². The topological polar surface area (TPSA) is 126 Å². The lowest BCUT2D eigenvalue weighted by atomic mass is 9.97. The van der Waals surface area contributed by atoms with Gasteiger partial charge in [0.2, 0.25) is 0 Å². The van der Waals surface area contributed by atoms with Crippen molar-refractivity contribution >= 4 is 29.7 Å². The molecular formula is C36H43F3N8O2. The van der Waals surface area contributed by atoms with Crippen molar-refractivity contribution < 1.29 is 22.7 Å². The lowest BCUT2D eigenvalue weighted by Gasteiger charge is -2.33. The SMILES string of the molecule is CN=CC(=CN)c1cnc(N)c(C(=O)N=CC2CN(C)C[C@@H]2OCc2ccc(-c3ccc(CN4CCN(C)CC4)c(C(F)(F)F)c3)cc2)c1. The number of nitrogen functional groups attached to an aromatic ring is 1. The summed E-state index contributed by atoms with van der Waals surface area (Å²) in [7, 11) is 5.60. The Morgan fingerprint density at radius 3 is 2.41 bits per heavy atom. The van der Waals surface area contributed by atoms with Gasteiger partial charge >= 0.3 is 6.18 Å². The summed E-state index contributed by atoms with van der Waals surface area (Å²) in [5.41, 5.74) is 14.8. The molecule has 49 heavy (non-hydrogen) atoms. The van der Waals surface area contributed by atoms with Gasteiger partial charge in [-0.1, -0.05) is 36.4 Å². The third-order valence-corrected chi connectivity index (χ3v) is 8.96. The van der Waals surface area contributed by atoms with Gasteiger partial charge in [-0.2, -0.15) is 13.2 Å². The van der Waals surface area contributed by atoms with Gasteiger partial charge in [0.25, 0.3) is 5.91 Å². The monoisotopic (exact) mass is 676 g/mol. The molecule has 10 nitrogen and oxygen atoms in total. The third kappa shape index (κ3) is 9.18. The molecule has 0 radical (unpaired) electrons. The highest BCUT2D eigenvalue weighted by molar-refractivity contribution is 6.11. The fraction of sp³-hybridized carbons (Fsp3) is 0.389. The van der Waals surface area contributed by atoms with E-state index in [1.54, 1.807) is 37.7 Å². The molecule has 3 aromatic rings. The Morgan fingerprint density at radius 1 is 1.02 bits per heavy atom. The first kappa shape index (κ1) is 35.9. The van der Waals surface area contributed by atoms with E-state index < -0.39 is 17.6 Å². The number of likely N-dealkylation sites (N-methyl/N-ethyl adjacent to an activating group) is 2. The maximum Gasteiger partial charge on any atom is 0.416 e. The fourth-order valence-corrected chi connectivity index (χ4v) is 6.11. The van der Waals surface area contributed by atoms with Gasteiger partial charge in [-0.3, -0.25) is 14.7 Å². The molecule has 2 fully saturated rings. The van der Waals surface area contributed by atoms with Gasteiger partial charge in [0.05, 0.1) is 23.8 Å². The minimum Gasteiger partial charge on any atom is -0.404 e. The van der Waals surface area contributed by atoms with E-state index in [1.165, 1.54) is 18.5 Å². The molecule has 0 spiro atoms. The van der Waals surface area contributed by atoms with Crippen LogP contribution in [-0.4, -0.2) is 105 Å². The van der Waals surface area contributed by atoms with Crippen molar-refractivity contribution in [2.45, 2.75) is 25.4 Å². The largest absolute Gasteiger partial charge is 0.416 e. The molecule has 2 saturated heterocycles. The summed E-state index contributed by atoms with van der Waals surface area (Å²) in [5, 5.41) is 0. The summed E-state index contributed by atoms with van der Waals surface area (Å²) >= 11 is 0. The van der Waals surface area contributed by atoms with Gasteiger partial charge in [-0.05, 0) is 48.5 Å². The average molecular weight is 677 g/mol. The van der Waals surface area contributed by atoms with Crippen LogP contribution in [0.25, 0.3) is 16.7 Å². The number of benzene rings is 2. The predicted molar refractivity (Wildman–Crippen MR) is 187 cm³/mol. The lowest BCUT2D eigenvalue weighted by molar-refractivity contribution is -0.138. The van der Waals surface area contributed by atoms with Crippen LogP contribution in [0.1, 0.15) is 32.6 Å². The molecule has 1 amide bonds. The minimum atomic E-state index is -4.45. The number of anilines is 1. The maximum atomic E-state index is 14.1.